The second-order valence-corrected chi connectivity index (χ2v) is 7.42. The fraction of sp³-hybridized carbons (Fsp3) is 0.579. The summed E-state index contributed by atoms with van der Waals surface area (Å²) in [7, 11) is 1.56. The number of nitrogens with zero attached hydrogens (tertiary/aromatic N) is 2. The van der Waals surface area contributed by atoms with Crippen LogP contribution >= 0.6 is 11.6 Å². The molecule has 1 aliphatic rings. The molecule has 2 amide bonds. The first-order chi connectivity index (χ1) is 12.9. The van der Waals surface area contributed by atoms with Gasteiger partial charge in [-0.25, -0.2) is 0 Å². The van der Waals surface area contributed by atoms with E-state index in [0.29, 0.717) is 36.0 Å². The maximum atomic E-state index is 12.2. The minimum Gasteiger partial charge on any atom is -0.495 e. The molecule has 1 fully saturated rings. The van der Waals surface area contributed by atoms with E-state index < -0.39 is 0 Å². The van der Waals surface area contributed by atoms with Gasteiger partial charge in [0.1, 0.15) is 5.75 Å². The van der Waals surface area contributed by atoms with E-state index in [4.69, 9.17) is 16.3 Å². The summed E-state index contributed by atoms with van der Waals surface area (Å²) in [6.45, 7) is 8.39. The molecule has 27 heavy (non-hydrogen) atoms. The van der Waals surface area contributed by atoms with Crippen molar-refractivity contribution in [3.8, 4) is 5.75 Å². The van der Waals surface area contributed by atoms with Crippen molar-refractivity contribution in [2.45, 2.75) is 26.3 Å². The lowest BCUT2D eigenvalue weighted by atomic mass is 10.2. The van der Waals surface area contributed by atoms with Crippen LogP contribution in [0.1, 0.15) is 20.3 Å². The van der Waals surface area contributed by atoms with Crippen LogP contribution in [0.5, 0.6) is 5.75 Å². The highest BCUT2D eigenvalue weighted by Crippen LogP contribution is 2.27. The molecule has 0 aliphatic carbocycles. The highest BCUT2D eigenvalue weighted by molar-refractivity contribution is 6.31. The number of hydrogen-bond donors (Lipinski definition) is 2. The molecule has 2 rings (SSSR count). The molecule has 1 aromatic carbocycles. The first-order valence-electron chi connectivity index (χ1n) is 9.25. The Morgan fingerprint density at radius 2 is 1.81 bits per heavy atom. The van der Waals surface area contributed by atoms with Crippen LogP contribution < -0.4 is 15.4 Å². The third-order valence-electron chi connectivity index (χ3n) is 4.37. The van der Waals surface area contributed by atoms with Crippen molar-refractivity contribution in [3.05, 3.63) is 23.2 Å². The molecule has 7 nitrogen and oxygen atoms in total. The Hall–Kier alpha value is -1.83. The average molecular weight is 397 g/mol. The van der Waals surface area contributed by atoms with Crippen LogP contribution in [0.15, 0.2) is 18.2 Å². The van der Waals surface area contributed by atoms with Gasteiger partial charge in [0.15, 0.2) is 0 Å². The van der Waals surface area contributed by atoms with Gasteiger partial charge in [0.2, 0.25) is 11.8 Å². The van der Waals surface area contributed by atoms with E-state index in [9.17, 15) is 9.59 Å². The van der Waals surface area contributed by atoms with E-state index >= 15 is 0 Å². The van der Waals surface area contributed by atoms with Crippen molar-refractivity contribution in [2.75, 3.05) is 51.7 Å². The highest BCUT2D eigenvalue weighted by Gasteiger charge is 2.19. The number of amides is 2. The van der Waals surface area contributed by atoms with Gasteiger partial charge in [-0.3, -0.25) is 14.5 Å². The largest absolute Gasteiger partial charge is 0.495 e. The molecule has 1 heterocycles. The quantitative estimate of drug-likeness (QED) is 0.701. The lowest BCUT2D eigenvalue weighted by Gasteiger charge is -2.34. The highest BCUT2D eigenvalue weighted by atomic mass is 35.5. The van der Waals surface area contributed by atoms with Crippen LogP contribution in [-0.2, 0) is 9.59 Å². The summed E-state index contributed by atoms with van der Waals surface area (Å²) in [6.07, 6.45) is 0.392. The number of carbonyl (C=O) groups excluding carboxylic acids is 2. The summed E-state index contributed by atoms with van der Waals surface area (Å²) in [5.74, 6) is 0.573. The molecule has 0 bridgehead atoms. The second kappa shape index (κ2) is 10.5. The third kappa shape index (κ3) is 7.36. The number of nitrogens with one attached hydrogen (secondary N) is 2. The summed E-state index contributed by atoms with van der Waals surface area (Å²) < 4.78 is 5.24. The second-order valence-electron chi connectivity index (χ2n) is 6.98. The zero-order valence-corrected chi connectivity index (χ0v) is 17.0. The zero-order valence-electron chi connectivity index (χ0n) is 16.3. The number of anilines is 1. The van der Waals surface area contributed by atoms with Crippen LogP contribution in [0.2, 0.25) is 5.02 Å². The Morgan fingerprint density at radius 3 is 2.44 bits per heavy atom. The lowest BCUT2D eigenvalue weighted by Crippen LogP contribution is -2.50. The molecule has 150 valence electrons. The van der Waals surface area contributed by atoms with Crippen molar-refractivity contribution in [1.29, 1.82) is 0 Å². The molecule has 2 N–H and O–H groups in total. The number of hydrogen-bond acceptors (Lipinski definition) is 5. The summed E-state index contributed by atoms with van der Waals surface area (Å²) >= 11 is 5.99. The van der Waals surface area contributed by atoms with Gasteiger partial charge in [0.05, 0.1) is 19.3 Å². The summed E-state index contributed by atoms with van der Waals surface area (Å²) in [4.78, 5) is 28.5. The van der Waals surface area contributed by atoms with Gasteiger partial charge in [-0.1, -0.05) is 11.6 Å². The number of piperazine rings is 1. The van der Waals surface area contributed by atoms with Crippen molar-refractivity contribution in [1.82, 2.24) is 15.1 Å². The molecule has 1 aliphatic heterocycles. The minimum absolute atomic E-state index is 0.0632. The first-order valence-corrected chi connectivity index (χ1v) is 9.62. The number of carbonyl (C=O) groups is 2. The van der Waals surface area contributed by atoms with Crippen LogP contribution in [0, 0.1) is 0 Å². The van der Waals surface area contributed by atoms with Crippen LogP contribution in [0.3, 0.4) is 0 Å². The smallest absolute Gasteiger partial charge is 0.234 e. The van der Waals surface area contributed by atoms with Gasteiger partial charge in [-0.05, 0) is 32.0 Å². The van der Waals surface area contributed by atoms with E-state index in [1.165, 1.54) is 0 Å². The topological polar surface area (TPSA) is 73.9 Å². The molecule has 1 aromatic rings. The molecule has 0 spiro atoms. The maximum Gasteiger partial charge on any atom is 0.234 e. The maximum absolute atomic E-state index is 12.2. The predicted molar refractivity (Wildman–Crippen MR) is 107 cm³/mol. The summed E-state index contributed by atoms with van der Waals surface area (Å²) in [5.41, 5.74) is 0.580. The molecule has 8 heteroatoms. The van der Waals surface area contributed by atoms with Crippen molar-refractivity contribution < 1.29 is 14.3 Å². The molecule has 0 unspecified atom stereocenters. The Kier molecular flexibility index (Phi) is 8.34. The van der Waals surface area contributed by atoms with Crippen LogP contribution in [-0.4, -0.2) is 74.0 Å². The van der Waals surface area contributed by atoms with Gasteiger partial charge in [0.25, 0.3) is 0 Å². The Bertz CT molecular complexity index is 646. The van der Waals surface area contributed by atoms with Crippen molar-refractivity contribution >= 4 is 29.1 Å². The van der Waals surface area contributed by atoms with E-state index in [1.807, 2.05) is 13.8 Å². The van der Waals surface area contributed by atoms with E-state index in [1.54, 1.807) is 25.3 Å². The molecule has 0 aromatic heterocycles. The number of ether oxygens (including phenoxy) is 1. The van der Waals surface area contributed by atoms with E-state index in [-0.39, 0.29) is 17.9 Å². The SMILES string of the molecule is COc1ccc(Cl)cc1NC(=O)CCN1CCN(CC(=O)NC(C)C)CC1. The van der Waals surface area contributed by atoms with Gasteiger partial charge >= 0.3 is 0 Å². The average Bonchev–Trinajstić information content (AvgIpc) is 2.60. The standard InChI is InChI=1S/C19H29ClN4O3/c1-14(2)21-19(26)13-24-10-8-23(9-11-24)7-6-18(25)22-16-12-15(20)4-5-17(16)27-3/h4-5,12,14H,6-11,13H2,1-3H3,(H,21,26)(H,22,25). The minimum atomic E-state index is -0.0747. The van der Waals surface area contributed by atoms with Crippen molar-refractivity contribution in [3.63, 3.8) is 0 Å². The fourth-order valence-corrected chi connectivity index (χ4v) is 3.16. The molecule has 0 atom stereocenters. The van der Waals surface area contributed by atoms with Gasteiger partial charge in [0, 0.05) is 50.2 Å². The van der Waals surface area contributed by atoms with Gasteiger partial charge < -0.3 is 20.3 Å². The molecule has 0 saturated carbocycles. The molecule has 0 radical (unpaired) electrons. The van der Waals surface area contributed by atoms with E-state index in [2.05, 4.69) is 20.4 Å². The number of rotatable bonds is 8. The normalized spacial score (nSPS) is 15.6. The lowest BCUT2D eigenvalue weighted by molar-refractivity contribution is -0.123. The number of benzene rings is 1. The first kappa shape index (κ1) is 21.5. The fourth-order valence-electron chi connectivity index (χ4n) is 2.99. The van der Waals surface area contributed by atoms with Gasteiger partial charge in [-0.2, -0.15) is 0 Å². The Balaban J connectivity index is 1.71. The monoisotopic (exact) mass is 396 g/mol. The molecule has 1 saturated heterocycles. The number of methoxy groups -OCH3 is 1. The number of halogens is 1. The third-order valence-corrected chi connectivity index (χ3v) is 4.61. The van der Waals surface area contributed by atoms with Crippen LogP contribution in [0.4, 0.5) is 5.69 Å². The molecular formula is C19H29ClN4O3. The zero-order chi connectivity index (χ0) is 19.8. The Morgan fingerprint density at radius 1 is 1.15 bits per heavy atom. The van der Waals surface area contributed by atoms with Crippen molar-refractivity contribution in [2.24, 2.45) is 0 Å². The predicted octanol–water partition coefficient (Wildman–Crippen LogP) is 1.82. The molecular weight excluding hydrogens is 368 g/mol. The summed E-state index contributed by atoms with van der Waals surface area (Å²) in [5, 5.41) is 6.31. The van der Waals surface area contributed by atoms with E-state index in [0.717, 1.165) is 26.2 Å². The Labute approximate surface area is 166 Å². The van der Waals surface area contributed by atoms with Crippen LogP contribution in [0.25, 0.3) is 0 Å². The summed E-state index contributed by atoms with van der Waals surface area (Å²) in [6, 6.07) is 5.29. The van der Waals surface area contributed by atoms with Gasteiger partial charge in [-0.15, -0.1) is 0 Å².